The fourth-order valence-electron chi connectivity index (χ4n) is 3.35. The molecule has 0 aromatic rings. The summed E-state index contributed by atoms with van der Waals surface area (Å²) in [5.74, 6) is 0.0193. The number of likely N-dealkylation sites (tertiary alicyclic amines) is 1. The Morgan fingerprint density at radius 3 is 2.47 bits per heavy atom. The zero-order valence-electron chi connectivity index (χ0n) is 11.9. The van der Waals surface area contributed by atoms with E-state index in [0.717, 1.165) is 38.8 Å². The summed E-state index contributed by atoms with van der Waals surface area (Å²) in [6.45, 7) is 6.00. The number of nitrogens with zero attached hydrogens (tertiary/aromatic N) is 1. The Morgan fingerprint density at radius 2 is 1.84 bits per heavy atom. The fraction of sp³-hybridized carbons (Fsp3) is 0.933. The monoisotopic (exact) mass is 268 g/mol. The molecular weight excluding hydrogens is 240 g/mol. The van der Waals surface area contributed by atoms with Gasteiger partial charge in [-0.1, -0.05) is 0 Å². The molecule has 19 heavy (non-hydrogen) atoms. The number of hydrogen-bond donors (Lipinski definition) is 2. The number of rotatable bonds is 7. The van der Waals surface area contributed by atoms with Crippen LogP contribution in [0.2, 0.25) is 0 Å². The lowest BCUT2D eigenvalue weighted by Crippen LogP contribution is -2.30. The van der Waals surface area contributed by atoms with Gasteiger partial charge in [0.1, 0.15) is 0 Å². The van der Waals surface area contributed by atoms with E-state index in [1.807, 2.05) is 0 Å². The van der Waals surface area contributed by atoms with E-state index in [1.54, 1.807) is 0 Å². The molecular formula is C15H28N2O2. The molecule has 0 unspecified atom stereocenters. The molecule has 2 fully saturated rings. The van der Waals surface area contributed by atoms with Gasteiger partial charge in [0.15, 0.2) is 0 Å². The van der Waals surface area contributed by atoms with Gasteiger partial charge in [-0.2, -0.15) is 0 Å². The van der Waals surface area contributed by atoms with Crippen LogP contribution in [0.25, 0.3) is 0 Å². The van der Waals surface area contributed by atoms with Gasteiger partial charge in [-0.3, -0.25) is 4.79 Å². The number of hydrogen-bond acceptors (Lipinski definition) is 3. The van der Waals surface area contributed by atoms with Gasteiger partial charge in [0, 0.05) is 0 Å². The molecule has 0 amide bonds. The van der Waals surface area contributed by atoms with Gasteiger partial charge in [0.25, 0.3) is 0 Å². The van der Waals surface area contributed by atoms with Crippen molar-refractivity contribution in [2.75, 3.05) is 32.7 Å². The van der Waals surface area contributed by atoms with Crippen molar-refractivity contribution in [3.63, 3.8) is 0 Å². The number of carboxylic acids is 1. The SMILES string of the molecule is O=C(O)C1CCC(CNCCCN2CCCC2)CC1. The van der Waals surface area contributed by atoms with Crippen molar-refractivity contribution in [1.29, 1.82) is 0 Å². The highest BCUT2D eigenvalue weighted by atomic mass is 16.4. The van der Waals surface area contributed by atoms with E-state index < -0.39 is 5.97 Å². The van der Waals surface area contributed by atoms with Crippen LogP contribution in [0, 0.1) is 11.8 Å². The van der Waals surface area contributed by atoms with Crippen LogP contribution in [-0.4, -0.2) is 48.7 Å². The molecule has 110 valence electrons. The molecule has 0 aromatic carbocycles. The van der Waals surface area contributed by atoms with Gasteiger partial charge >= 0.3 is 5.97 Å². The molecule has 0 atom stereocenters. The molecule has 0 aromatic heterocycles. The van der Waals surface area contributed by atoms with Crippen molar-refractivity contribution in [2.45, 2.75) is 44.9 Å². The first-order valence-electron chi connectivity index (χ1n) is 7.91. The second kappa shape index (κ2) is 7.85. The quantitative estimate of drug-likeness (QED) is 0.693. The molecule has 1 aliphatic heterocycles. The average Bonchev–Trinajstić information content (AvgIpc) is 2.92. The molecule has 1 aliphatic carbocycles. The Hall–Kier alpha value is -0.610. The van der Waals surface area contributed by atoms with Crippen LogP contribution in [0.3, 0.4) is 0 Å². The normalized spacial score (nSPS) is 28.6. The van der Waals surface area contributed by atoms with Crippen molar-refractivity contribution in [3.8, 4) is 0 Å². The first kappa shape index (κ1) is 14.8. The van der Waals surface area contributed by atoms with Crippen LogP contribution in [-0.2, 0) is 4.79 Å². The van der Waals surface area contributed by atoms with Crippen LogP contribution in [0.5, 0.6) is 0 Å². The maximum absolute atomic E-state index is 10.9. The van der Waals surface area contributed by atoms with E-state index in [4.69, 9.17) is 5.11 Å². The average molecular weight is 268 g/mol. The van der Waals surface area contributed by atoms with Crippen molar-refractivity contribution >= 4 is 5.97 Å². The lowest BCUT2D eigenvalue weighted by Gasteiger charge is -2.26. The molecule has 0 bridgehead atoms. The maximum Gasteiger partial charge on any atom is 0.306 e. The molecule has 2 rings (SSSR count). The number of aliphatic carboxylic acids is 1. The van der Waals surface area contributed by atoms with Crippen LogP contribution in [0.4, 0.5) is 0 Å². The zero-order chi connectivity index (χ0) is 13.5. The molecule has 1 saturated carbocycles. The zero-order valence-corrected chi connectivity index (χ0v) is 11.9. The van der Waals surface area contributed by atoms with Crippen molar-refractivity contribution < 1.29 is 9.90 Å². The summed E-state index contributed by atoms with van der Waals surface area (Å²) in [4.78, 5) is 13.4. The van der Waals surface area contributed by atoms with Crippen molar-refractivity contribution in [2.24, 2.45) is 11.8 Å². The Morgan fingerprint density at radius 1 is 1.16 bits per heavy atom. The first-order chi connectivity index (χ1) is 9.25. The smallest absolute Gasteiger partial charge is 0.306 e. The molecule has 0 radical (unpaired) electrons. The summed E-state index contributed by atoms with van der Waals surface area (Å²) < 4.78 is 0. The molecule has 1 heterocycles. The van der Waals surface area contributed by atoms with E-state index in [9.17, 15) is 4.79 Å². The third-order valence-electron chi connectivity index (χ3n) is 4.66. The molecule has 0 spiro atoms. The highest BCUT2D eigenvalue weighted by Gasteiger charge is 2.25. The van der Waals surface area contributed by atoms with E-state index in [1.165, 1.54) is 38.9 Å². The second-order valence-corrected chi connectivity index (χ2v) is 6.16. The van der Waals surface area contributed by atoms with Crippen molar-refractivity contribution in [1.82, 2.24) is 10.2 Å². The predicted octanol–water partition coefficient (Wildman–Crippen LogP) is 1.95. The minimum atomic E-state index is -0.600. The minimum absolute atomic E-state index is 0.0774. The topological polar surface area (TPSA) is 52.6 Å². The van der Waals surface area contributed by atoms with Crippen molar-refractivity contribution in [3.05, 3.63) is 0 Å². The highest BCUT2D eigenvalue weighted by molar-refractivity contribution is 5.69. The summed E-state index contributed by atoms with van der Waals surface area (Å²) in [6.07, 6.45) is 7.89. The molecule has 2 N–H and O–H groups in total. The predicted molar refractivity (Wildman–Crippen MR) is 76.2 cm³/mol. The lowest BCUT2D eigenvalue weighted by atomic mass is 9.82. The molecule has 1 saturated heterocycles. The first-order valence-corrected chi connectivity index (χ1v) is 7.91. The third-order valence-corrected chi connectivity index (χ3v) is 4.66. The van der Waals surface area contributed by atoms with Crippen LogP contribution >= 0.6 is 0 Å². The standard InChI is InChI=1S/C15H28N2O2/c18-15(19)14-6-4-13(5-7-14)12-16-8-3-11-17-9-1-2-10-17/h13-14,16H,1-12H2,(H,18,19). The van der Waals surface area contributed by atoms with Gasteiger partial charge in [-0.25, -0.2) is 0 Å². The minimum Gasteiger partial charge on any atom is -0.481 e. The number of nitrogens with one attached hydrogen (secondary N) is 1. The Labute approximate surface area is 116 Å². The van der Waals surface area contributed by atoms with Gasteiger partial charge in [0.2, 0.25) is 0 Å². The maximum atomic E-state index is 10.9. The highest BCUT2D eigenvalue weighted by Crippen LogP contribution is 2.28. The Bertz CT molecular complexity index is 269. The summed E-state index contributed by atoms with van der Waals surface area (Å²) >= 11 is 0. The van der Waals surface area contributed by atoms with E-state index >= 15 is 0 Å². The Balaban J connectivity index is 1.46. The molecule has 4 heteroatoms. The summed E-state index contributed by atoms with van der Waals surface area (Å²) in [7, 11) is 0. The fourth-order valence-corrected chi connectivity index (χ4v) is 3.35. The van der Waals surface area contributed by atoms with E-state index in [2.05, 4.69) is 10.2 Å². The van der Waals surface area contributed by atoms with Crippen LogP contribution in [0.15, 0.2) is 0 Å². The Kier molecular flexibility index (Phi) is 6.11. The van der Waals surface area contributed by atoms with Gasteiger partial charge in [-0.05, 0) is 83.6 Å². The summed E-state index contributed by atoms with van der Waals surface area (Å²) in [6, 6.07) is 0. The van der Waals surface area contributed by atoms with Crippen LogP contribution in [0.1, 0.15) is 44.9 Å². The lowest BCUT2D eigenvalue weighted by molar-refractivity contribution is -0.143. The number of carboxylic acid groups (broad SMARTS) is 1. The molecule has 2 aliphatic rings. The second-order valence-electron chi connectivity index (χ2n) is 6.16. The van der Waals surface area contributed by atoms with Gasteiger partial charge < -0.3 is 15.3 Å². The van der Waals surface area contributed by atoms with E-state index in [-0.39, 0.29) is 5.92 Å². The van der Waals surface area contributed by atoms with E-state index in [0.29, 0.717) is 5.92 Å². The van der Waals surface area contributed by atoms with Crippen LogP contribution < -0.4 is 5.32 Å². The third kappa shape index (κ3) is 5.11. The largest absolute Gasteiger partial charge is 0.481 e. The number of carbonyl (C=O) groups is 1. The van der Waals surface area contributed by atoms with Gasteiger partial charge in [-0.15, -0.1) is 0 Å². The summed E-state index contributed by atoms with van der Waals surface area (Å²) in [5, 5.41) is 12.5. The van der Waals surface area contributed by atoms with Gasteiger partial charge in [0.05, 0.1) is 5.92 Å². The summed E-state index contributed by atoms with van der Waals surface area (Å²) in [5.41, 5.74) is 0. The molecule has 4 nitrogen and oxygen atoms in total.